The summed E-state index contributed by atoms with van der Waals surface area (Å²) in [5, 5.41) is 4.12. The summed E-state index contributed by atoms with van der Waals surface area (Å²) in [6.45, 7) is 0. The van der Waals surface area contributed by atoms with Gasteiger partial charge in [0.1, 0.15) is 0 Å². The molecule has 128 valence electrons. The SMILES string of the molecule is SCC1CSC(c2ccc3cc(C4SCC(CS)S4)ccc3c2)S1. The number of benzene rings is 2. The van der Waals surface area contributed by atoms with Gasteiger partial charge in [-0.3, -0.25) is 0 Å². The Morgan fingerprint density at radius 1 is 0.750 bits per heavy atom. The van der Waals surface area contributed by atoms with E-state index in [0.717, 1.165) is 11.5 Å². The van der Waals surface area contributed by atoms with E-state index in [2.05, 4.69) is 109 Å². The number of thioether (sulfide) groups is 4. The quantitative estimate of drug-likeness (QED) is 0.541. The van der Waals surface area contributed by atoms with Gasteiger partial charge in [-0.05, 0) is 34.0 Å². The number of hydrogen-bond acceptors (Lipinski definition) is 6. The van der Waals surface area contributed by atoms with Gasteiger partial charge in [0, 0.05) is 33.5 Å². The Hall–Kier alpha value is 0.800. The number of fused-ring (bicyclic) bond motifs is 1. The average Bonchev–Trinajstić information content (AvgIpc) is 3.30. The number of rotatable bonds is 4. The molecule has 0 aromatic heterocycles. The van der Waals surface area contributed by atoms with Crippen molar-refractivity contribution in [2.24, 2.45) is 0 Å². The molecular formula is C18H20S6. The van der Waals surface area contributed by atoms with E-state index in [-0.39, 0.29) is 0 Å². The third-order valence-corrected chi connectivity index (χ3v) is 12.4. The van der Waals surface area contributed by atoms with Gasteiger partial charge in [-0.2, -0.15) is 25.3 Å². The smallest absolute Gasteiger partial charge is 0.0755 e. The molecule has 0 bridgehead atoms. The fourth-order valence-electron chi connectivity index (χ4n) is 3.01. The maximum atomic E-state index is 4.45. The lowest BCUT2D eigenvalue weighted by molar-refractivity contribution is 1.17. The van der Waals surface area contributed by atoms with Crippen LogP contribution in [0.1, 0.15) is 20.3 Å². The molecule has 4 unspecified atom stereocenters. The van der Waals surface area contributed by atoms with Crippen LogP contribution in [0.5, 0.6) is 0 Å². The van der Waals surface area contributed by atoms with Gasteiger partial charge >= 0.3 is 0 Å². The van der Waals surface area contributed by atoms with Crippen LogP contribution < -0.4 is 0 Å². The molecule has 0 radical (unpaired) electrons. The lowest BCUT2D eigenvalue weighted by atomic mass is 10.1. The second-order valence-corrected chi connectivity index (χ2v) is 12.5. The fraction of sp³-hybridized carbons (Fsp3) is 0.444. The first-order chi connectivity index (χ1) is 11.8. The normalized spacial score (nSPS) is 30.2. The molecule has 4 atom stereocenters. The predicted molar refractivity (Wildman–Crippen MR) is 125 cm³/mol. The highest BCUT2D eigenvalue weighted by atomic mass is 32.2. The predicted octanol–water partition coefficient (Wildman–Crippen LogP) is 6.39. The number of hydrogen-bond donors (Lipinski definition) is 2. The van der Waals surface area contributed by atoms with E-state index in [4.69, 9.17) is 0 Å². The van der Waals surface area contributed by atoms with E-state index in [1.807, 2.05) is 0 Å². The topological polar surface area (TPSA) is 0 Å². The van der Waals surface area contributed by atoms with Crippen molar-refractivity contribution >= 4 is 83.1 Å². The third kappa shape index (κ3) is 3.89. The minimum Gasteiger partial charge on any atom is -0.178 e. The molecule has 24 heavy (non-hydrogen) atoms. The number of thiol groups is 2. The van der Waals surface area contributed by atoms with E-state index >= 15 is 0 Å². The molecule has 6 heteroatoms. The van der Waals surface area contributed by atoms with Crippen LogP contribution in [0.15, 0.2) is 36.4 Å². The van der Waals surface area contributed by atoms with Crippen LogP contribution in [0.2, 0.25) is 0 Å². The van der Waals surface area contributed by atoms with Crippen molar-refractivity contribution in [2.45, 2.75) is 19.7 Å². The van der Waals surface area contributed by atoms with E-state index in [0.29, 0.717) is 19.7 Å². The van der Waals surface area contributed by atoms with Crippen LogP contribution in [-0.2, 0) is 0 Å². The van der Waals surface area contributed by atoms with E-state index < -0.39 is 0 Å². The molecule has 0 amide bonds. The van der Waals surface area contributed by atoms with Crippen LogP contribution in [0.25, 0.3) is 10.8 Å². The molecule has 2 saturated heterocycles. The molecular weight excluding hydrogens is 409 g/mol. The zero-order chi connectivity index (χ0) is 16.5. The highest BCUT2D eigenvalue weighted by molar-refractivity contribution is 8.20. The lowest BCUT2D eigenvalue weighted by Gasteiger charge is -2.13. The lowest BCUT2D eigenvalue weighted by Crippen LogP contribution is -2.01. The first-order valence-electron chi connectivity index (χ1n) is 8.06. The summed E-state index contributed by atoms with van der Waals surface area (Å²) in [7, 11) is 0. The van der Waals surface area contributed by atoms with Gasteiger partial charge < -0.3 is 0 Å². The van der Waals surface area contributed by atoms with E-state index in [1.165, 1.54) is 33.4 Å². The van der Waals surface area contributed by atoms with Gasteiger partial charge in [0.2, 0.25) is 0 Å². The molecule has 2 aliphatic heterocycles. The van der Waals surface area contributed by atoms with Crippen LogP contribution in [0, 0.1) is 0 Å². The third-order valence-electron chi connectivity index (χ3n) is 4.34. The average molecular weight is 429 g/mol. The highest BCUT2D eigenvalue weighted by Crippen LogP contribution is 2.51. The monoisotopic (exact) mass is 428 g/mol. The molecule has 2 aromatic carbocycles. The maximum absolute atomic E-state index is 4.45. The molecule has 0 N–H and O–H groups in total. The van der Waals surface area contributed by atoms with Gasteiger partial charge in [0.05, 0.1) is 9.16 Å². The van der Waals surface area contributed by atoms with Gasteiger partial charge in [-0.1, -0.05) is 24.3 Å². The first kappa shape index (κ1) is 18.2. The maximum Gasteiger partial charge on any atom is 0.0755 e. The standard InChI is InChI=1S/C18H20S6/c19-7-15-9-21-17(23-15)13-3-1-11-5-14(4-2-12(11)6-13)18-22-10-16(8-20)24-18/h1-6,15-20H,7-10H2. The van der Waals surface area contributed by atoms with Gasteiger partial charge in [0.25, 0.3) is 0 Å². The summed E-state index contributed by atoms with van der Waals surface area (Å²) >= 11 is 17.2. The van der Waals surface area contributed by atoms with Gasteiger partial charge in [0.15, 0.2) is 0 Å². The van der Waals surface area contributed by atoms with Crippen LogP contribution in [0.4, 0.5) is 0 Å². The Morgan fingerprint density at radius 2 is 1.21 bits per heavy atom. The summed E-state index contributed by atoms with van der Waals surface area (Å²) in [6, 6.07) is 14.0. The first-order valence-corrected chi connectivity index (χ1v) is 13.3. The van der Waals surface area contributed by atoms with Crippen molar-refractivity contribution in [3.8, 4) is 0 Å². The van der Waals surface area contributed by atoms with Crippen LogP contribution >= 0.6 is 72.3 Å². The van der Waals surface area contributed by atoms with Gasteiger partial charge in [-0.15, -0.1) is 47.0 Å². The molecule has 4 rings (SSSR count). The second-order valence-electron chi connectivity index (χ2n) is 6.08. The summed E-state index contributed by atoms with van der Waals surface area (Å²) < 4.78 is 1.15. The molecule has 0 spiro atoms. The van der Waals surface area contributed by atoms with Crippen molar-refractivity contribution in [1.29, 1.82) is 0 Å². The molecule has 2 heterocycles. The van der Waals surface area contributed by atoms with Crippen LogP contribution in [-0.4, -0.2) is 33.5 Å². The molecule has 2 aliphatic rings. The van der Waals surface area contributed by atoms with Crippen molar-refractivity contribution in [2.75, 3.05) is 23.0 Å². The Bertz CT molecular complexity index is 656. The second kappa shape index (κ2) is 8.22. The minimum atomic E-state index is 0.573. The van der Waals surface area contributed by atoms with Gasteiger partial charge in [-0.25, -0.2) is 0 Å². The summed E-state index contributed by atoms with van der Waals surface area (Å²) in [5.74, 6) is 4.40. The zero-order valence-electron chi connectivity index (χ0n) is 13.1. The summed E-state index contributed by atoms with van der Waals surface area (Å²) in [5.41, 5.74) is 2.91. The molecule has 2 aromatic rings. The largest absolute Gasteiger partial charge is 0.178 e. The Balaban J connectivity index is 1.55. The summed E-state index contributed by atoms with van der Waals surface area (Å²) in [6.07, 6.45) is 0. The highest BCUT2D eigenvalue weighted by Gasteiger charge is 2.27. The Kier molecular flexibility index (Phi) is 6.22. The minimum absolute atomic E-state index is 0.573. The van der Waals surface area contributed by atoms with Crippen molar-refractivity contribution in [3.63, 3.8) is 0 Å². The zero-order valence-corrected chi connectivity index (χ0v) is 18.2. The van der Waals surface area contributed by atoms with Crippen LogP contribution in [0.3, 0.4) is 0 Å². The summed E-state index contributed by atoms with van der Waals surface area (Å²) in [4.78, 5) is 0. The van der Waals surface area contributed by atoms with Crippen molar-refractivity contribution < 1.29 is 0 Å². The molecule has 0 aliphatic carbocycles. The fourth-order valence-corrected chi connectivity index (χ4v) is 10.5. The van der Waals surface area contributed by atoms with Crippen molar-refractivity contribution in [3.05, 3.63) is 47.5 Å². The molecule has 2 fully saturated rings. The van der Waals surface area contributed by atoms with Crippen molar-refractivity contribution in [1.82, 2.24) is 0 Å². The molecule has 0 saturated carbocycles. The van der Waals surface area contributed by atoms with E-state index in [1.54, 1.807) is 0 Å². The van der Waals surface area contributed by atoms with E-state index in [9.17, 15) is 0 Å². The Labute approximate surface area is 172 Å². The Morgan fingerprint density at radius 3 is 1.58 bits per heavy atom. The molecule has 0 nitrogen and oxygen atoms in total.